The van der Waals surface area contributed by atoms with Gasteiger partial charge >= 0.3 is 6.09 Å². The van der Waals surface area contributed by atoms with Crippen molar-refractivity contribution in [1.82, 2.24) is 19.9 Å². The Balaban J connectivity index is 1.62. The van der Waals surface area contributed by atoms with Crippen LogP contribution in [0.15, 0.2) is 28.9 Å². The van der Waals surface area contributed by atoms with Crippen LogP contribution in [0.4, 0.5) is 19.4 Å². The minimum absolute atomic E-state index is 0.0751. The molecule has 0 aliphatic carbocycles. The number of fused-ring (bicyclic) bond motifs is 1. The molecular weight excluding hydrogens is 572 g/mol. The van der Waals surface area contributed by atoms with Crippen molar-refractivity contribution in [2.75, 3.05) is 24.5 Å². The number of halogens is 4. The van der Waals surface area contributed by atoms with Crippen LogP contribution < -0.4 is 4.90 Å². The maximum atomic E-state index is 15.2. The third-order valence-electron chi connectivity index (χ3n) is 5.71. The quantitative estimate of drug-likeness (QED) is 0.339. The van der Waals surface area contributed by atoms with E-state index >= 15 is 4.39 Å². The van der Waals surface area contributed by atoms with Gasteiger partial charge in [0.2, 0.25) is 0 Å². The van der Waals surface area contributed by atoms with Gasteiger partial charge in [-0.15, -0.1) is 0 Å². The molecule has 0 radical (unpaired) electrons. The Morgan fingerprint density at radius 2 is 2.00 bits per heavy atom. The zero-order valence-corrected chi connectivity index (χ0v) is 23.2. The first kappa shape index (κ1) is 27.4. The number of hydrogen-bond acceptors (Lipinski definition) is 7. The number of carbonyl (C=O) groups excluding carboxylic acids is 1. The fourth-order valence-corrected chi connectivity index (χ4v) is 4.51. The lowest BCUT2D eigenvalue weighted by Gasteiger charge is -2.41. The van der Waals surface area contributed by atoms with Crippen LogP contribution in [0.5, 0.6) is 0 Å². The number of rotatable bonds is 5. The number of ether oxygens (including phenoxy) is 2. The third-order valence-corrected chi connectivity index (χ3v) is 7.01. The van der Waals surface area contributed by atoms with Crippen LogP contribution in [0, 0.1) is 11.6 Å². The van der Waals surface area contributed by atoms with Crippen molar-refractivity contribution in [2.24, 2.45) is 0 Å². The Kier molecular flexibility index (Phi) is 8.15. The Morgan fingerprint density at radius 1 is 1.24 bits per heavy atom. The highest BCUT2D eigenvalue weighted by atomic mass is 79.9. The van der Waals surface area contributed by atoms with Crippen LogP contribution in [-0.4, -0.2) is 57.2 Å². The molecule has 3 heterocycles. The summed E-state index contributed by atoms with van der Waals surface area (Å²) < 4.78 is 40.4. The van der Waals surface area contributed by atoms with Gasteiger partial charge in [-0.2, -0.15) is 0 Å². The van der Waals surface area contributed by atoms with E-state index in [0.717, 1.165) is 0 Å². The van der Waals surface area contributed by atoms with Crippen LogP contribution in [0.25, 0.3) is 10.9 Å². The van der Waals surface area contributed by atoms with Gasteiger partial charge in [0.25, 0.3) is 0 Å². The van der Waals surface area contributed by atoms with Crippen LogP contribution >= 0.6 is 27.5 Å². The van der Waals surface area contributed by atoms with E-state index in [1.54, 1.807) is 11.0 Å². The number of carbonyl (C=O) groups is 1. The molecule has 1 atom stereocenters. The minimum atomic E-state index is -0.622. The Labute approximate surface area is 227 Å². The molecule has 0 saturated carbocycles. The normalized spacial score (nSPS) is 16.4. The Hall–Kier alpha value is -2.63. The lowest BCUT2D eigenvalue weighted by atomic mass is 10.1. The summed E-state index contributed by atoms with van der Waals surface area (Å²) in [6.45, 7) is 8.44. The highest BCUT2D eigenvalue weighted by Gasteiger charge is 2.32. The molecule has 8 nitrogen and oxygen atoms in total. The summed E-state index contributed by atoms with van der Waals surface area (Å²) in [4.78, 5) is 29.3. The van der Waals surface area contributed by atoms with Crippen LogP contribution in [-0.2, 0) is 22.7 Å². The molecule has 3 aromatic rings. The van der Waals surface area contributed by atoms with E-state index in [1.807, 2.05) is 32.6 Å². The second-order valence-corrected chi connectivity index (χ2v) is 10.9. The first-order valence-corrected chi connectivity index (χ1v) is 12.9. The summed E-state index contributed by atoms with van der Waals surface area (Å²) in [5.41, 5.74) is -0.381. The van der Waals surface area contributed by atoms with Crippen molar-refractivity contribution in [1.29, 1.82) is 0 Å². The fourth-order valence-electron chi connectivity index (χ4n) is 4.01. The first-order chi connectivity index (χ1) is 17.4. The number of nitrogens with zero attached hydrogens (tertiary/aromatic N) is 5. The molecule has 12 heteroatoms. The molecule has 2 aromatic heterocycles. The number of piperazine rings is 1. The number of aromatic nitrogens is 3. The van der Waals surface area contributed by atoms with Crippen molar-refractivity contribution in [3.63, 3.8) is 0 Å². The molecule has 0 N–H and O–H groups in total. The number of pyridine rings is 1. The standard InChI is InChI=1S/C25H27BrClF2N5O3/c1-14-11-33(8-9-34(14)24(35)37-25(2,3)4)23-15-10-16(27)20(26)21(29)22(15)31-19(32-23)13-36-12-18-17(28)6-5-7-30-18/h5-7,10,14H,8-9,11-13H2,1-4H3. The van der Waals surface area contributed by atoms with Gasteiger partial charge in [0.1, 0.15) is 35.1 Å². The molecule has 0 bridgehead atoms. The molecule has 37 heavy (non-hydrogen) atoms. The van der Waals surface area contributed by atoms with E-state index in [9.17, 15) is 9.18 Å². The van der Waals surface area contributed by atoms with Crippen molar-refractivity contribution in [3.8, 4) is 0 Å². The fraction of sp³-hybridized carbons (Fsp3) is 0.440. The number of hydrogen-bond donors (Lipinski definition) is 0. The van der Waals surface area contributed by atoms with E-state index in [-0.39, 0.29) is 51.9 Å². The summed E-state index contributed by atoms with van der Waals surface area (Å²) in [5, 5.41) is 0.619. The summed E-state index contributed by atoms with van der Waals surface area (Å²) in [6, 6.07) is 4.20. The zero-order chi connectivity index (χ0) is 26.9. The van der Waals surface area contributed by atoms with Gasteiger partial charge in [-0.3, -0.25) is 4.98 Å². The summed E-state index contributed by atoms with van der Waals surface area (Å²) >= 11 is 9.44. The van der Waals surface area contributed by atoms with Crippen molar-refractivity contribution < 1.29 is 23.0 Å². The molecule has 198 valence electrons. The molecule has 4 rings (SSSR count). The van der Waals surface area contributed by atoms with Crippen LogP contribution in [0.3, 0.4) is 0 Å². The maximum Gasteiger partial charge on any atom is 0.410 e. The third kappa shape index (κ3) is 6.27. The van der Waals surface area contributed by atoms with Gasteiger partial charge in [-0.1, -0.05) is 11.6 Å². The highest BCUT2D eigenvalue weighted by molar-refractivity contribution is 9.10. The van der Waals surface area contributed by atoms with Gasteiger partial charge in [-0.05, 0) is 61.8 Å². The second-order valence-electron chi connectivity index (χ2n) is 9.74. The van der Waals surface area contributed by atoms with Gasteiger partial charge in [0.15, 0.2) is 11.6 Å². The highest BCUT2D eigenvalue weighted by Crippen LogP contribution is 2.36. The molecule has 1 amide bonds. The van der Waals surface area contributed by atoms with Gasteiger partial charge in [0, 0.05) is 37.3 Å². The van der Waals surface area contributed by atoms with Gasteiger partial charge in [0.05, 0.1) is 16.1 Å². The lowest BCUT2D eigenvalue weighted by molar-refractivity contribution is 0.0158. The van der Waals surface area contributed by atoms with Crippen molar-refractivity contribution in [2.45, 2.75) is 52.6 Å². The summed E-state index contributed by atoms with van der Waals surface area (Å²) in [7, 11) is 0. The van der Waals surface area contributed by atoms with E-state index < -0.39 is 17.2 Å². The van der Waals surface area contributed by atoms with Crippen molar-refractivity contribution in [3.05, 3.63) is 57.0 Å². The van der Waals surface area contributed by atoms with E-state index in [2.05, 4.69) is 30.9 Å². The summed E-state index contributed by atoms with van der Waals surface area (Å²) in [6.07, 6.45) is 1.09. The Morgan fingerprint density at radius 3 is 2.68 bits per heavy atom. The molecule has 1 unspecified atom stereocenters. The maximum absolute atomic E-state index is 15.2. The summed E-state index contributed by atoms with van der Waals surface area (Å²) in [5.74, 6) is -0.418. The van der Waals surface area contributed by atoms with Crippen molar-refractivity contribution >= 4 is 50.3 Å². The topological polar surface area (TPSA) is 80.7 Å². The largest absolute Gasteiger partial charge is 0.444 e. The number of benzene rings is 1. The average molecular weight is 599 g/mol. The monoisotopic (exact) mass is 597 g/mol. The molecular formula is C25H27BrClF2N5O3. The van der Waals surface area contributed by atoms with E-state index in [1.165, 1.54) is 18.3 Å². The van der Waals surface area contributed by atoms with Crippen LogP contribution in [0.2, 0.25) is 5.02 Å². The minimum Gasteiger partial charge on any atom is -0.444 e. The van der Waals surface area contributed by atoms with Gasteiger partial charge in [-0.25, -0.2) is 23.5 Å². The molecule has 0 spiro atoms. The zero-order valence-electron chi connectivity index (χ0n) is 20.9. The number of amides is 1. The SMILES string of the molecule is CC1CN(c2nc(COCc3ncccc3F)nc3c(F)c(Br)c(Cl)cc23)CCN1C(=O)OC(C)(C)C. The average Bonchev–Trinajstić information content (AvgIpc) is 2.82. The second kappa shape index (κ2) is 11.0. The predicted octanol–water partition coefficient (Wildman–Crippen LogP) is 5.88. The smallest absolute Gasteiger partial charge is 0.410 e. The van der Waals surface area contributed by atoms with Crippen LogP contribution in [0.1, 0.15) is 39.2 Å². The van der Waals surface area contributed by atoms with Gasteiger partial charge < -0.3 is 19.3 Å². The van der Waals surface area contributed by atoms with E-state index in [4.69, 9.17) is 21.1 Å². The molecule has 1 aromatic carbocycles. The van der Waals surface area contributed by atoms with E-state index in [0.29, 0.717) is 30.8 Å². The Bertz CT molecular complexity index is 1320. The molecule has 1 aliphatic heterocycles. The first-order valence-electron chi connectivity index (χ1n) is 11.7. The predicted molar refractivity (Wildman–Crippen MR) is 140 cm³/mol. The lowest BCUT2D eigenvalue weighted by Crippen LogP contribution is -2.55. The number of anilines is 1. The molecule has 1 aliphatic rings. The molecule has 1 saturated heterocycles. The molecule has 1 fully saturated rings.